The lowest BCUT2D eigenvalue weighted by Crippen LogP contribution is -2.13. The molecule has 1 N–H and O–H groups in total. The molecule has 1 heterocycles. The molecule has 100 valence electrons. The topological polar surface area (TPSA) is 29.1 Å². The lowest BCUT2D eigenvalue weighted by molar-refractivity contribution is -0.113. The van der Waals surface area contributed by atoms with Gasteiger partial charge in [0.15, 0.2) is 0 Å². The van der Waals surface area contributed by atoms with Crippen molar-refractivity contribution in [2.24, 2.45) is 0 Å². The molecule has 4 heteroatoms. The minimum absolute atomic E-state index is 0.0377. The third-order valence-electron chi connectivity index (χ3n) is 2.70. The van der Waals surface area contributed by atoms with E-state index < -0.39 is 0 Å². The molecule has 1 aromatic carbocycles. The molecule has 0 fully saturated rings. The van der Waals surface area contributed by atoms with Gasteiger partial charge in [-0.05, 0) is 35.1 Å². The van der Waals surface area contributed by atoms with Gasteiger partial charge in [0, 0.05) is 5.69 Å². The Morgan fingerprint density at radius 1 is 1.26 bits per heavy atom. The summed E-state index contributed by atoms with van der Waals surface area (Å²) in [6.07, 6.45) is 0. The fourth-order valence-electron chi connectivity index (χ4n) is 1.63. The highest BCUT2D eigenvalue weighted by atomic mass is 32.2. The van der Waals surface area contributed by atoms with Gasteiger partial charge in [-0.1, -0.05) is 32.0 Å². The molecule has 0 unspecified atom stereocenters. The number of hydrogen-bond acceptors (Lipinski definition) is 3. The van der Waals surface area contributed by atoms with E-state index in [1.807, 2.05) is 29.6 Å². The van der Waals surface area contributed by atoms with E-state index in [1.165, 1.54) is 9.77 Å². The Hall–Kier alpha value is -1.26. The lowest BCUT2D eigenvalue weighted by Gasteiger charge is -2.08. The molecule has 2 nitrogen and oxygen atoms in total. The van der Waals surface area contributed by atoms with Crippen molar-refractivity contribution in [2.75, 3.05) is 11.1 Å². The summed E-state index contributed by atoms with van der Waals surface area (Å²) >= 11 is 3.23. The van der Waals surface area contributed by atoms with E-state index in [9.17, 15) is 4.79 Å². The Bertz CT molecular complexity index is 518. The molecule has 0 aliphatic heterocycles. The Morgan fingerprint density at radius 2 is 2.00 bits per heavy atom. The van der Waals surface area contributed by atoms with Crippen LogP contribution < -0.4 is 5.32 Å². The predicted octanol–water partition coefficient (Wildman–Crippen LogP) is 4.60. The maximum atomic E-state index is 11.8. The van der Waals surface area contributed by atoms with E-state index in [0.717, 1.165) is 5.69 Å². The molecule has 0 saturated heterocycles. The van der Waals surface area contributed by atoms with Crippen molar-refractivity contribution in [1.82, 2.24) is 0 Å². The molecular weight excluding hydrogens is 274 g/mol. The quantitative estimate of drug-likeness (QED) is 0.816. The Morgan fingerprint density at radius 3 is 2.58 bits per heavy atom. The van der Waals surface area contributed by atoms with E-state index in [-0.39, 0.29) is 5.91 Å². The number of thioether (sulfide) groups is 1. The van der Waals surface area contributed by atoms with Crippen LogP contribution in [0.4, 0.5) is 5.69 Å². The SMILES string of the molecule is CC(C)c1ccc(NC(=O)CSc2cccs2)cc1. The van der Waals surface area contributed by atoms with Crippen LogP contribution >= 0.6 is 23.1 Å². The van der Waals surface area contributed by atoms with Gasteiger partial charge >= 0.3 is 0 Å². The third-order valence-corrected chi connectivity index (χ3v) is 4.83. The van der Waals surface area contributed by atoms with E-state index in [0.29, 0.717) is 11.7 Å². The monoisotopic (exact) mass is 291 g/mol. The van der Waals surface area contributed by atoms with Gasteiger partial charge in [0.1, 0.15) is 0 Å². The zero-order valence-electron chi connectivity index (χ0n) is 11.1. The molecule has 1 amide bonds. The molecule has 0 aliphatic rings. The number of amides is 1. The van der Waals surface area contributed by atoms with Crippen LogP contribution in [0.5, 0.6) is 0 Å². The van der Waals surface area contributed by atoms with Crippen molar-refractivity contribution in [1.29, 1.82) is 0 Å². The van der Waals surface area contributed by atoms with Crippen LogP contribution in [0.2, 0.25) is 0 Å². The summed E-state index contributed by atoms with van der Waals surface area (Å²) in [5.41, 5.74) is 2.15. The molecular formula is C15H17NOS2. The number of rotatable bonds is 5. The van der Waals surface area contributed by atoms with Gasteiger partial charge in [-0.2, -0.15) is 0 Å². The van der Waals surface area contributed by atoms with Crippen LogP contribution in [0.15, 0.2) is 46.0 Å². The summed E-state index contributed by atoms with van der Waals surface area (Å²) in [7, 11) is 0. The first-order chi connectivity index (χ1) is 9.15. The zero-order valence-corrected chi connectivity index (χ0v) is 12.7. The second-order valence-electron chi connectivity index (χ2n) is 4.55. The first-order valence-corrected chi connectivity index (χ1v) is 8.08. The lowest BCUT2D eigenvalue weighted by atomic mass is 10.0. The normalized spacial score (nSPS) is 10.7. The first kappa shape index (κ1) is 14.2. The van der Waals surface area contributed by atoms with Crippen molar-refractivity contribution in [3.63, 3.8) is 0 Å². The van der Waals surface area contributed by atoms with Crippen molar-refractivity contribution in [2.45, 2.75) is 24.0 Å². The van der Waals surface area contributed by atoms with E-state index in [2.05, 4.69) is 31.3 Å². The number of anilines is 1. The van der Waals surface area contributed by atoms with Crippen LogP contribution in [-0.2, 0) is 4.79 Å². The second kappa shape index (κ2) is 6.78. The summed E-state index contributed by atoms with van der Waals surface area (Å²) in [5.74, 6) is 1.00. The van der Waals surface area contributed by atoms with Crippen LogP contribution in [0.25, 0.3) is 0 Å². The minimum atomic E-state index is 0.0377. The zero-order chi connectivity index (χ0) is 13.7. The second-order valence-corrected chi connectivity index (χ2v) is 6.77. The summed E-state index contributed by atoms with van der Waals surface area (Å²) in [6.45, 7) is 4.32. The number of thiophene rings is 1. The van der Waals surface area contributed by atoms with Crippen molar-refractivity contribution in [3.05, 3.63) is 47.3 Å². The number of hydrogen-bond donors (Lipinski definition) is 1. The van der Waals surface area contributed by atoms with E-state index in [1.54, 1.807) is 23.1 Å². The summed E-state index contributed by atoms with van der Waals surface area (Å²) in [5, 5.41) is 4.93. The molecule has 1 aromatic heterocycles. The average Bonchev–Trinajstić information content (AvgIpc) is 2.90. The maximum absolute atomic E-state index is 11.8. The first-order valence-electron chi connectivity index (χ1n) is 6.21. The van der Waals surface area contributed by atoms with Gasteiger partial charge in [0.25, 0.3) is 0 Å². The number of carbonyl (C=O) groups is 1. The molecule has 19 heavy (non-hydrogen) atoms. The highest BCUT2D eigenvalue weighted by molar-refractivity contribution is 8.01. The predicted molar refractivity (Wildman–Crippen MR) is 84.2 cm³/mol. The molecule has 0 aliphatic carbocycles. The Labute approximate surface area is 122 Å². The maximum Gasteiger partial charge on any atom is 0.234 e. The summed E-state index contributed by atoms with van der Waals surface area (Å²) in [4.78, 5) is 11.8. The van der Waals surface area contributed by atoms with Crippen LogP contribution in [0.1, 0.15) is 25.3 Å². The van der Waals surface area contributed by atoms with Gasteiger partial charge in [-0.3, -0.25) is 4.79 Å². The molecule has 0 bridgehead atoms. The van der Waals surface area contributed by atoms with Crippen molar-refractivity contribution < 1.29 is 4.79 Å². The number of nitrogens with one attached hydrogen (secondary N) is 1. The van der Waals surface area contributed by atoms with Crippen molar-refractivity contribution >= 4 is 34.7 Å². The fraction of sp³-hybridized carbons (Fsp3) is 0.267. The highest BCUT2D eigenvalue weighted by Gasteiger charge is 2.05. The van der Waals surface area contributed by atoms with E-state index in [4.69, 9.17) is 0 Å². The van der Waals surface area contributed by atoms with Gasteiger partial charge in [-0.15, -0.1) is 23.1 Å². The van der Waals surface area contributed by atoms with Gasteiger partial charge in [-0.25, -0.2) is 0 Å². The minimum Gasteiger partial charge on any atom is -0.325 e. The van der Waals surface area contributed by atoms with Crippen LogP contribution in [0.3, 0.4) is 0 Å². The van der Waals surface area contributed by atoms with Crippen LogP contribution in [0, 0.1) is 0 Å². The Balaban J connectivity index is 1.84. The molecule has 0 radical (unpaired) electrons. The Kier molecular flexibility index (Phi) is 5.05. The molecule has 0 spiro atoms. The summed E-state index contributed by atoms with van der Waals surface area (Å²) < 4.78 is 1.17. The fourth-order valence-corrected chi connectivity index (χ4v) is 3.22. The smallest absolute Gasteiger partial charge is 0.234 e. The van der Waals surface area contributed by atoms with E-state index >= 15 is 0 Å². The van der Waals surface area contributed by atoms with Crippen molar-refractivity contribution in [3.8, 4) is 0 Å². The number of benzene rings is 1. The summed E-state index contributed by atoms with van der Waals surface area (Å²) in [6, 6.07) is 12.1. The average molecular weight is 291 g/mol. The highest BCUT2D eigenvalue weighted by Crippen LogP contribution is 2.23. The molecule has 0 atom stereocenters. The van der Waals surface area contributed by atoms with Gasteiger partial charge in [0.2, 0.25) is 5.91 Å². The number of carbonyl (C=O) groups excluding carboxylic acids is 1. The third kappa shape index (κ3) is 4.40. The van der Waals surface area contributed by atoms with Crippen LogP contribution in [-0.4, -0.2) is 11.7 Å². The van der Waals surface area contributed by atoms with Gasteiger partial charge < -0.3 is 5.32 Å². The molecule has 0 saturated carbocycles. The standard InChI is InChI=1S/C15H17NOS2/c1-11(2)12-5-7-13(8-6-12)16-14(17)10-19-15-4-3-9-18-15/h3-9,11H,10H2,1-2H3,(H,16,17). The van der Waals surface area contributed by atoms with Gasteiger partial charge in [0.05, 0.1) is 9.96 Å². The molecule has 2 rings (SSSR count). The largest absolute Gasteiger partial charge is 0.325 e. The molecule has 2 aromatic rings.